The molecule has 2 heterocycles. The summed E-state index contributed by atoms with van der Waals surface area (Å²) in [5, 5.41) is 0. The number of ether oxygens (including phenoxy) is 1. The molecule has 0 aromatic heterocycles. The Morgan fingerprint density at radius 2 is 1.80 bits per heavy atom. The Balaban J connectivity index is 1.81. The maximum absolute atomic E-state index is 6.17. The Morgan fingerprint density at radius 3 is 2.40 bits per heavy atom. The van der Waals surface area contributed by atoms with Crippen LogP contribution in [0.3, 0.4) is 0 Å². The Morgan fingerprint density at radius 1 is 1.16 bits per heavy atom. The first-order valence-corrected chi connectivity index (χ1v) is 9.55. The second kappa shape index (κ2) is 7.35. The van der Waals surface area contributed by atoms with Crippen LogP contribution in [0.15, 0.2) is 29.7 Å². The molecule has 0 bridgehead atoms. The molecule has 25 heavy (non-hydrogen) atoms. The Bertz CT molecular complexity index is 625. The summed E-state index contributed by atoms with van der Waals surface area (Å²) in [5.74, 6) is 0.596. The predicted octanol–water partition coefficient (Wildman–Crippen LogP) is 3.47. The molecule has 0 radical (unpaired) electrons. The number of anilines is 1. The molecule has 4 nitrogen and oxygen atoms in total. The zero-order chi connectivity index (χ0) is 18.1. The molecule has 0 atom stereocenters. The first kappa shape index (κ1) is 18.8. The first-order valence-electron chi connectivity index (χ1n) is 8.92. The SMILES string of the molecule is CC1(C)OB(C(=Cc2cccc(N3CCOCC3)c2)CS)OC1(C)C. The van der Waals surface area contributed by atoms with Crippen molar-refractivity contribution in [1.82, 2.24) is 0 Å². The van der Waals surface area contributed by atoms with Crippen molar-refractivity contribution >= 4 is 31.5 Å². The zero-order valence-electron chi connectivity index (χ0n) is 15.6. The fourth-order valence-electron chi connectivity index (χ4n) is 3.03. The van der Waals surface area contributed by atoms with Crippen molar-refractivity contribution in [2.45, 2.75) is 38.9 Å². The highest BCUT2D eigenvalue weighted by Crippen LogP contribution is 2.39. The molecule has 0 saturated carbocycles. The van der Waals surface area contributed by atoms with E-state index in [1.165, 1.54) is 5.69 Å². The summed E-state index contributed by atoms with van der Waals surface area (Å²) in [6.07, 6.45) is 2.14. The minimum atomic E-state index is -0.352. The van der Waals surface area contributed by atoms with E-state index in [-0.39, 0.29) is 18.3 Å². The molecule has 0 unspecified atom stereocenters. The second-order valence-corrected chi connectivity index (χ2v) is 7.98. The van der Waals surface area contributed by atoms with Gasteiger partial charge in [-0.2, -0.15) is 12.6 Å². The molecule has 2 saturated heterocycles. The number of hydrogen-bond donors (Lipinski definition) is 1. The largest absolute Gasteiger partial charge is 0.491 e. The van der Waals surface area contributed by atoms with Gasteiger partial charge in [0.2, 0.25) is 0 Å². The Kier molecular flexibility index (Phi) is 5.54. The third-order valence-electron chi connectivity index (χ3n) is 5.34. The Hall–Kier alpha value is -0.945. The highest BCUT2D eigenvalue weighted by atomic mass is 32.1. The summed E-state index contributed by atoms with van der Waals surface area (Å²) < 4.78 is 17.8. The molecule has 0 N–H and O–H groups in total. The molecule has 136 valence electrons. The van der Waals surface area contributed by atoms with Crippen molar-refractivity contribution in [3.05, 3.63) is 35.3 Å². The number of hydrogen-bond acceptors (Lipinski definition) is 5. The van der Waals surface area contributed by atoms with Crippen LogP contribution in [0.2, 0.25) is 0 Å². The minimum Gasteiger partial charge on any atom is -0.400 e. The maximum Gasteiger partial charge on any atom is 0.491 e. The topological polar surface area (TPSA) is 30.9 Å². The standard InChI is InChI=1S/C19H28BNO3S/c1-18(2)19(3,4)24-20(23-18)16(14-25)12-15-6-5-7-17(13-15)21-8-10-22-11-9-21/h5-7,12-13,25H,8-11,14H2,1-4H3. The fourth-order valence-corrected chi connectivity index (χ4v) is 3.27. The molecular weight excluding hydrogens is 333 g/mol. The average Bonchev–Trinajstić information content (AvgIpc) is 2.81. The van der Waals surface area contributed by atoms with Gasteiger partial charge < -0.3 is 18.9 Å². The molecule has 0 spiro atoms. The van der Waals surface area contributed by atoms with E-state index in [2.05, 4.69) is 75.6 Å². The lowest BCUT2D eigenvalue weighted by atomic mass is 9.78. The van der Waals surface area contributed by atoms with Crippen molar-refractivity contribution in [1.29, 1.82) is 0 Å². The summed E-state index contributed by atoms with van der Waals surface area (Å²) in [7, 11) is -0.352. The van der Waals surface area contributed by atoms with Gasteiger partial charge in [0.05, 0.1) is 24.4 Å². The van der Waals surface area contributed by atoms with Crippen molar-refractivity contribution in [2.24, 2.45) is 0 Å². The van der Waals surface area contributed by atoms with E-state index in [1.54, 1.807) is 0 Å². The highest BCUT2D eigenvalue weighted by Gasteiger charge is 2.52. The number of morpholine rings is 1. The summed E-state index contributed by atoms with van der Waals surface area (Å²) in [5.41, 5.74) is 2.73. The summed E-state index contributed by atoms with van der Waals surface area (Å²) >= 11 is 4.51. The lowest BCUT2D eigenvalue weighted by Crippen LogP contribution is -2.41. The van der Waals surface area contributed by atoms with Gasteiger partial charge in [-0.15, -0.1) is 0 Å². The van der Waals surface area contributed by atoms with Crippen LogP contribution in [-0.2, 0) is 14.0 Å². The lowest BCUT2D eigenvalue weighted by Gasteiger charge is -2.32. The highest BCUT2D eigenvalue weighted by molar-refractivity contribution is 7.80. The second-order valence-electron chi connectivity index (χ2n) is 7.66. The monoisotopic (exact) mass is 361 g/mol. The summed E-state index contributed by atoms with van der Waals surface area (Å²) in [4.78, 5) is 2.36. The van der Waals surface area contributed by atoms with Crippen LogP contribution in [0, 0.1) is 0 Å². The van der Waals surface area contributed by atoms with Crippen LogP contribution in [0.1, 0.15) is 33.3 Å². The normalized spacial score (nSPS) is 23.2. The van der Waals surface area contributed by atoms with E-state index >= 15 is 0 Å². The van der Waals surface area contributed by atoms with E-state index in [0.29, 0.717) is 5.75 Å². The molecule has 2 aliphatic heterocycles. The first-order chi connectivity index (χ1) is 11.8. The molecule has 6 heteroatoms. The van der Waals surface area contributed by atoms with Gasteiger partial charge in [0.25, 0.3) is 0 Å². The van der Waals surface area contributed by atoms with Gasteiger partial charge in [-0.05, 0) is 50.9 Å². The third kappa shape index (κ3) is 4.08. The molecule has 0 aliphatic carbocycles. The van der Waals surface area contributed by atoms with E-state index in [4.69, 9.17) is 14.0 Å². The summed E-state index contributed by atoms with van der Waals surface area (Å²) in [6, 6.07) is 8.56. The van der Waals surface area contributed by atoms with E-state index < -0.39 is 0 Å². The third-order valence-corrected chi connectivity index (χ3v) is 5.70. The van der Waals surface area contributed by atoms with Gasteiger partial charge in [0, 0.05) is 24.5 Å². The number of thiol groups is 1. The predicted molar refractivity (Wildman–Crippen MR) is 107 cm³/mol. The van der Waals surface area contributed by atoms with E-state index in [9.17, 15) is 0 Å². The fraction of sp³-hybridized carbons (Fsp3) is 0.579. The zero-order valence-corrected chi connectivity index (χ0v) is 16.5. The van der Waals surface area contributed by atoms with E-state index in [1.807, 2.05) is 0 Å². The van der Waals surface area contributed by atoms with Gasteiger partial charge >= 0.3 is 7.12 Å². The molecule has 0 amide bonds. The number of nitrogens with zero attached hydrogens (tertiary/aromatic N) is 1. The van der Waals surface area contributed by atoms with Crippen molar-refractivity contribution in [3.63, 3.8) is 0 Å². The molecule has 3 rings (SSSR count). The van der Waals surface area contributed by atoms with Gasteiger partial charge in [-0.1, -0.05) is 18.2 Å². The smallest absolute Gasteiger partial charge is 0.400 e. The van der Waals surface area contributed by atoms with Crippen LogP contribution in [0.25, 0.3) is 6.08 Å². The van der Waals surface area contributed by atoms with Crippen LogP contribution < -0.4 is 4.90 Å². The average molecular weight is 361 g/mol. The molecule has 1 aromatic carbocycles. The molecule has 1 aromatic rings. The molecular formula is C19H28BNO3S. The maximum atomic E-state index is 6.17. The van der Waals surface area contributed by atoms with Gasteiger partial charge in [0.15, 0.2) is 0 Å². The lowest BCUT2D eigenvalue weighted by molar-refractivity contribution is 0.00578. The molecule has 2 aliphatic rings. The number of benzene rings is 1. The minimum absolute atomic E-state index is 0.338. The van der Waals surface area contributed by atoms with Crippen LogP contribution in [0.5, 0.6) is 0 Å². The van der Waals surface area contributed by atoms with Crippen molar-refractivity contribution in [2.75, 3.05) is 37.0 Å². The van der Waals surface area contributed by atoms with Gasteiger partial charge in [-0.3, -0.25) is 0 Å². The van der Waals surface area contributed by atoms with Crippen LogP contribution in [-0.4, -0.2) is 50.4 Å². The van der Waals surface area contributed by atoms with Crippen molar-refractivity contribution < 1.29 is 14.0 Å². The van der Waals surface area contributed by atoms with Gasteiger partial charge in [0.1, 0.15) is 0 Å². The van der Waals surface area contributed by atoms with Crippen molar-refractivity contribution in [3.8, 4) is 0 Å². The van der Waals surface area contributed by atoms with Crippen LogP contribution >= 0.6 is 12.6 Å². The van der Waals surface area contributed by atoms with Crippen LogP contribution in [0.4, 0.5) is 5.69 Å². The summed E-state index contributed by atoms with van der Waals surface area (Å²) in [6.45, 7) is 11.7. The van der Waals surface area contributed by atoms with E-state index in [0.717, 1.165) is 37.3 Å². The number of rotatable bonds is 4. The Labute approximate surface area is 157 Å². The van der Waals surface area contributed by atoms with Gasteiger partial charge in [-0.25, -0.2) is 0 Å². The quantitative estimate of drug-likeness (QED) is 0.657. The molecule has 2 fully saturated rings.